The van der Waals surface area contributed by atoms with E-state index in [2.05, 4.69) is 28.5 Å². The smallest absolute Gasteiger partial charge is 0.323 e. The van der Waals surface area contributed by atoms with Crippen LogP contribution in [0, 0.1) is 18.3 Å². The lowest BCUT2D eigenvalue weighted by Crippen LogP contribution is -2.39. The Labute approximate surface area is 327 Å². The monoisotopic (exact) mass is 780 g/mol. The van der Waals surface area contributed by atoms with Crippen LogP contribution in [-0.2, 0) is 37.6 Å². The van der Waals surface area contributed by atoms with E-state index in [0.717, 1.165) is 49.8 Å². The lowest BCUT2D eigenvalue weighted by molar-refractivity contribution is -0.140. The van der Waals surface area contributed by atoms with Crippen LogP contribution in [-0.4, -0.2) is 50.7 Å². The minimum atomic E-state index is -1.16. The summed E-state index contributed by atoms with van der Waals surface area (Å²) in [6, 6.07) is 21.8. The van der Waals surface area contributed by atoms with Gasteiger partial charge in [-0.3, -0.25) is 19.8 Å². The molecule has 0 aliphatic rings. The molecule has 12 nitrogen and oxygen atoms in total. The zero-order chi connectivity index (χ0) is 39.1. The molecule has 2 heterocycles. The largest absolute Gasteiger partial charge is 0.496 e. The number of carboxylic acids is 1. The molecule has 6 aromatic rings. The van der Waals surface area contributed by atoms with Crippen molar-refractivity contribution >= 4 is 40.1 Å². The number of carbonyl (C=O) groups is 1. The fourth-order valence-corrected chi connectivity index (χ4v) is 6.72. The highest BCUT2D eigenvalue weighted by Gasteiger charge is 2.19. The molecule has 4 aromatic carbocycles. The number of nitrogens with one attached hydrogen (secondary N) is 1. The summed E-state index contributed by atoms with van der Waals surface area (Å²) >= 11 is 13.4. The van der Waals surface area contributed by atoms with Crippen molar-refractivity contribution in [3.05, 3.63) is 134 Å². The Balaban J connectivity index is 1.21. The van der Waals surface area contributed by atoms with Gasteiger partial charge in [0.2, 0.25) is 0 Å². The van der Waals surface area contributed by atoms with E-state index in [-0.39, 0.29) is 26.3 Å². The number of benzene rings is 4. The van der Waals surface area contributed by atoms with Gasteiger partial charge >= 0.3 is 5.97 Å². The van der Waals surface area contributed by atoms with E-state index in [1.807, 2.05) is 54.2 Å². The Morgan fingerprint density at radius 1 is 0.927 bits per heavy atom. The molecule has 0 unspecified atom stereocenters. The van der Waals surface area contributed by atoms with Crippen LogP contribution in [0.3, 0.4) is 0 Å². The van der Waals surface area contributed by atoms with E-state index in [0.29, 0.717) is 45.0 Å². The quantitative estimate of drug-likeness (QED) is 0.0813. The number of ether oxygens (including phenoxy) is 3. The summed E-state index contributed by atoms with van der Waals surface area (Å²) in [7, 11) is 1.50. The predicted octanol–water partition coefficient (Wildman–Crippen LogP) is 6.79. The Morgan fingerprint density at radius 3 is 2.44 bits per heavy atom. The Hall–Kier alpha value is -5.68. The number of pyridine rings is 1. The molecule has 0 spiro atoms. The van der Waals surface area contributed by atoms with Crippen molar-refractivity contribution in [1.82, 2.24) is 20.1 Å². The second-order valence-corrected chi connectivity index (χ2v) is 13.5. The number of aromatic nitrogens is 3. The van der Waals surface area contributed by atoms with Gasteiger partial charge < -0.3 is 30.2 Å². The van der Waals surface area contributed by atoms with E-state index in [4.69, 9.17) is 48.2 Å². The van der Waals surface area contributed by atoms with Gasteiger partial charge in [0.15, 0.2) is 0 Å². The third-order valence-electron chi connectivity index (χ3n) is 9.25. The highest BCUT2D eigenvalue weighted by atomic mass is 35.5. The molecular formula is C41H38Cl2N6O6. The second kappa shape index (κ2) is 17.6. The number of rotatable bonds is 16. The third-order valence-corrected chi connectivity index (χ3v) is 9.90. The molecule has 5 N–H and O–H groups in total. The number of hydrogen-bond acceptors (Lipinski definition) is 10. The van der Waals surface area contributed by atoms with Gasteiger partial charge in [-0.25, -0.2) is 0 Å². The molecule has 0 saturated carbocycles. The van der Waals surface area contributed by atoms with E-state index in [1.54, 1.807) is 24.4 Å². The zero-order valence-corrected chi connectivity index (χ0v) is 31.6. The molecule has 55 heavy (non-hydrogen) atoms. The van der Waals surface area contributed by atoms with Crippen LogP contribution >= 0.6 is 23.2 Å². The minimum Gasteiger partial charge on any atom is -0.496 e. The van der Waals surface area contributed by atoms with Crippen molar-refractivity contribution in [1.29, 1.82) is 5.26 Å². The number of aliphatic hydroxyl groups is 1. The summed E-state index contributed by atoms with van der Waals surface area (Å²) in [5.74, 6) is 0.299. The first-order valence-corrected chi connectivity index (χ1v) is 18.0. The second-order valence-electron chi connectivity index (χ2n) is 12.7. The lowest BCUT2D eigenvalue weighted by atomic mass is 9.94. The first-order chi connectivity index (χ1) is 26.6. The number of hydrogen-bond donors (Lipinski definition) is 4. The number of nitriles is 1. The predicted molar refractivity (Wildman–Crippen MR) is 209 cm³/mol. The molecule has 0 aliphatic heterocycles. The molecule has 0 aliphatic carbocycles. The molecule has 2 aromatic heterocycles. The van der Waals surface area contributed by atoms with Gasteiger partial charge in [0, 0.05) is 58.6 Å². The summed E-state index contributed by atoms with van der Waals surface area (Å²) in [5, 5.41) is 37.2. The van der Waals surface area contributed by atoms with Crippen LogP contribution in [0.4, 0.5) is 0 Å². The Morgan fingerprint density at radius 2 is 1.69 bits per heavy atom. The number of fused-ring (bicyclic) bond motifs is 1. The number of aliphatic hydroxyl groups excluding tert-OH is 1. The van der Waals surface area contributed by atoms with Crippen LogP contribution in [0.1, 0.15) is 38.9 Å². The first-order valence-electron chi connectivity index (χ1n) is 17.2. The molecule has 282 valence electrons. The van der Waals surface area contributed by atoms with Crippen molar-refractivity contribution in [3.63, 3.8) is 0 Å². The summed E-state index contributed by atoms with van der Waals surface area (Å²) in [5.41, 5.74) is 14.3. The molecule has 14 heteroatoms. The molecule has 0 radical (unpaired) electrons. The van der Waals surface area contributed by atoms with Gasteiger partial charge in [-0.05, 0) is 65.1 Å². The summed E-state index contributed by atoms with van der Waals surface area (Å²) in [6.07, 6.45) is 5.01. The fraction of sp³-hybridized carbons (Fsp3) is 0.220. The van der Waals surface area contributed by atoms with Crippen molar-refractivity contribution in [3.8, 4) is 34.4 Å². The maximum Gasteiger partial charge on any atom is 0.323 e. The van der Waals surface area contributed by atoms with Crippen LogP contribution in [0.2, 0.25) is 10.0 Å². The molecule has 0 saturated heterocycles. The average Bonchev–Trinajstić information content (AvgIpc) is 3.61. The zero-order valence-electron chi connectivity index (χ0n) is 30.1. The van der Waals surface area contributed by atoms with Gasteiger partial charge in [0.1, 0.15) is 42.6 Å². The maximum absolute atomic E-state index is 11.3. The van der Waals surface area contributed by atoms with Gasteiger partial charge in [0.25, 0.3) is 0 Å². The van der Waals surface area contributed by atoms with Gasteiger partial charge in [0.05, 0.1) is 42.6 Å². The van der Waals surface area contributed by atoms with Crippen LogP contribution < -0.4 is 25.3 Å². The van der Waals surface area contributed by atoms with Crippen molar-refractivity contribution in [2.45, 2.75) is 45.8 Å². The van der Waals surface area contributed by atoms with E-state index in [9.17, 15) is 20.3 Å². The van der Waals surface area contributed by atoms with Gasteiger partial charge in [-0.2, -0.15) is 10.4 Å². The number of carboxylic acid groups (broad SMARTS) is 1. The summed E-state index contributed by atoms with van der Waals surface area (Å²) < 4.78 is 19.8. The third kappa shape index (κ3) is 8.84. The molecule has 0 bridgehead atoms. The van der Waals surface area contributed by atoms with Gasteiger partial charge in [-0.15, -0.1) is 0 Å². The minimum absolute atomic E-state index is 0.117. The SMILES string of the molecule is COc1cc(OCc2cccc(-c3cccc4c3cnn4Cc3cc(OCc4cncc(C#N)c4)c(CN)cc3Cl)c2C)c(Cl)cc1CN[C@@H](CO)C(=O)O. The van der Waals surface area contributed by atoms with Crippen LogP contribution in [0.15, 0.2) is 85.3 Å². The Kier molecular flexibility index (Phi) is 12.5. The van der Waals surface area contributed by atoms with Crippen molar-refractivity contribution in [2.24, 2.45) is 5.73 Å². The molecule has 6 rings (SSSR count). The van der Waals surface area contributed by atoms with Crippen molar-refractivity contribution in [2.75, 3.05) is 13.7 Å². The van der Waals surface area contributed by atoms with E-state index < -0.39 is 18.6 Å². The first kappa shape index (κ1) is 39.0. The van der Waals surface area contributed by atoms with Gasteiger partial charge in [-0.1, -0.05) is 53.5 Å². The summed E-state index contributed by atoms with van der Waals surface area (Å²) in [4.78, 5) is 15.4. The average molecular weight is 782 g/mol. The van der Waals surface area contributed by atoms with Crippen molar-refractivity contribution < 1.29 is 29.2 Å². The van der Waals surface area contributed by atoms with E-state index >= 15 is 0 Å². The molecule has 0 fully saturated rings. The molecular weight excluding hydrogens is 743 g/mol. The maximum atomic E-state index is 11.3. The number of aliphatic carboxylic acids is 1. The molecule has 0 amide bonds. The number of methoxy groups -OCH3 is 1. The van der Waals surface area contributed by atoms with E-state index in [1.165, 1.54) is 13.3 Å². The highest BCUT2D eigenvalue weighted by molar-refractivity contribution is 6.32. The normalized spacial score (nSPS) is 11.7. The number of nitrogens with zero attached hydrogens (tertiary/aromatic N) is 4. The molecule has 1 atom stereocenters. The number of halogens is 2. The summed E-state index contributed by atoms with van der Waals surface area (Å²) in [6.45, 7) is 2.65. The topological polar surface area (TPSA) is 178 Å². The highest BCUT2D eigenvalue weighted by Crippen LogP contribution is 2.36. The van der Waals surface area contributed by atoms with Crippen LogP contribution in [0.25, 0.3) is 22.0 Å². The number of nitrogens with two attached hydrogens (primary N) is 1. The fourth-order valence-electron chi connectivity index (χ4n) is 6.23. The lowest BCUT2D eigenvalue weighted by Gasteiger charge is -2.17. The standard InChI is InChI=1S/C41H38Cl2N6O6/c1-24-27(23-55-40-13-38(53-2)29(11-35(40)43)18-47-36(21-50)41(51)52)5-3-6-31(24)32-7-4-8-37-33(32)19-48-49(37)20-30-12-39(28(15-45)10-34(30)42)54-22-26-9-25(14-44)16-46-17-26/h3-13,16-17,19,36,47,50H,15,18,20-23,45H2,1-2H3,(H,51,52)/t36-/m0/s1. The van der Waals surface area contributed by atoms with Crippen LogP contribution in [0.5, 0.6) is 17.2 Å². The Bertz CT molecular complexity index is 2390.